The highest BCUT2D eigenvalue weighted by Crippen LogP contribution is 2.29. The van der Waals surface area contributed by atoms with Gasteiger partial charge < -0.3 is 10.1 Å². The summed E-state index contributed by atoms with van der Waals surface area (Å²) < 4.78 is 7.84. The van der Waals surface area contributed by atoms with E-state index in [1.54, 1.807) is 16.3 Å². The monoisotopic (exact) mass is 424 g/mol. The summed E-state index contributed by atoms with van der Waals surface area (Å²) in [6.07, 6.45) is 2.04. The van der Waals surface area contributed by atoms with E-state index in [1.807, 2.05) is 62.6 Å². The van der Waals surface area contributed by atoms with E-state index in [2.05, 4.69) is 10.2 Å². The normalized spacial score (nSPS) is 15.1. The molecule has 7 heteroatoms. The van der Waals surface area contributed by atoms with E-state index in [0.29, 0.717) is 17.7 Å². The van der Waals surface area contributed by atoms with Gasteiger partial charge in [0.05, 0.1) is 29.2 Å². The Morgan fingerprint density at radius 2 is 1.93 bits per heavy atom. The van der Waals surface area contributed by atoms with Gasteiger partial charge in [0.25, 0.3) is 5.56 Å². The van der Waals surface area contributed by atoms with E-state index in [1.165, 1.54) is 0 Å². The van der Waals surface area contributed by atoms with Gasteiger partial charge in [-0.2, -0.15) is 0 Å². The topological polar surface area (TPSA) is 59.4 Å². The summed E-state index contributed by atoms with van der Waals surface area (Å²) >= 11 is 1.65. The predicted molar refractivity (Wildman–Crippen MR) is 123 cm³/mol. The quantitative estimate of drug-likeness (QED) is 0.613. The van der Waals surface area contributed by atoms with E-state index >= 15 is 0 Å². The molecular weight excluding hydrogens is 396 g/mol. The smallest absolute Gasteiger partial charge is 0.266 e. The first kappa shape index (κ1) is 20.9. The maximum Gasteiger partial charge on any atom is 0.266 e. The fourth-order valence-corrected chi connectivity index (χ4v) is 4.19. The Morgan fingerprint density at radius 1 is 1.17 bits per heavy atom. The third kappa shape index (κ3) is 4.38. The second-order valence-electron chi connectivity index (χ2n) is 7.71. The minimum absolute atomic E-state index is 0.00427. The van der Waals surface area contributed by atoms with Crippen LogP contribution in [-0.4, -0.2) is 53.0 Å². The van der Waals surface area contributed by atoms with Crippen molar-refractivity contribution in [1.29, 1.82) is 0 Å². The van der Waals surface area contributed by atoms with Crippen LogP contribution in [-0.2, 0) is 6.54 Å². The third-order valence-electron chi connectivity index (χ3n) is 5.19. The summed E-state index contributed by atoms with van der Waals surface area (Å²) in [4.78, 5) is 22.0. The number of thioether (sulfide) groups is 1. The Labute approximate surface area is 181 Å². The summed E-state index contributed by atoms with van der Waals surface area (Å²) in [6.45, 7) is 8.37. The molecule has 2 aromatic carbocycles. The average molecular weight is 425 g/mol. The summed E-state index contributed by atoms with van der Waals surface area (Å²) in [5.74, 6) is 1.44. The highest BCUT2D eigenvalue weighted by Gasteiger charge is 2.20. The van der Waals surface area contributed by atoms with Crippen LogP contribution in [0.5, 0.6) is 5.75 Å². The van der Waals surface area contributed by atoms with Gasteiger partial charge in [0.1, 0.15) is 11.6 Å². The Hall–Kier alpha value is -2.35. The number of hydrogen-bond donors (Lipinski definition) is 1. The zero-order valence-electron chi connectivity index (χ0n) is 17.7. The van der Waals surface area contributed by atoms with Gasteiger partial charge >= 0.3 is 0 Å². The zero-order valence-corrected chi connectivity index (χ0v) is 18.5. The van der Waals surface area contributed by atoms with E-state index in [-0.39, 0.29) is 11.7 Å². The minimum Gasteiger partial charge on any atom is -0.489 e. The number of hydrogen-bond acceptors (Lipinski definition) is 6. The second-order valence-corrected chi connectivity index (χ2v) is 8.59. The first-order valence-electron chi connectivity index (χ1n) is 10.4. The SMILES string of the molecule is CSc1ccc(OC(C)C)c(-n2c(CN3CCNCC3)nc3ccccc3c2=O)c1. The molecule has 1 aliphatic heterocycles. The molecule has 0 radical (unpaired) electrons. The number of nitrogens with zero attached hydrogens (tertiary/aromatic N) is 3. The Balaban J connectivity index is 1.93. The van der Waals surface area contributed by atoms with Crippen molar-refractivity contribution in [3.63, 3.8) is 0 Å². The van der Waals surface area contributed by atoms with E-state index in [9.17, 15) is 4.79 Å². The first-order valence-corrected chi connectivity index (χ1v) is 11.6. The van der Waals surface area contributed by atoms with Crippen LogP contribution in [0.2, 0.25) is 0 Å². The van der Waals surface area contributed by atoms with Gasteiger partial charge in [0.15, 0.2) is 0 Å². The van der Waals surface area contributed by atoms with Gasteiger partial charge in [0.2, 0.25) is 0 Å². The Kier molecular flexibility index (Phi) is 6.41. The van der Waals surface area contributed by atoms with Crippen LogP contribution in [0.25, 0.3) is 16.6 Å². The molecule has 0 unspecified atom stereocenters. The molecule has 1 fully saturated rings. The molecule has 6 nitrogen and oxygen atoms in total. The summed E-state index contributed by atoms with van der Waals surface area (Å²) in [5, 5.41) is 4.00. The second kappa shape index (κ2) is 9.20. The van der Waals surface area contributed by atoms with Gasteiger partial charge in [0, 0.05) is 31.1 Å². The molecule has 158 valence electrons. The van der Waals surface area contributed by atoms with Crippen LogP contribution >= 0.6 is 11.8 Å². The number of para-hydroxylation sites is 1. The van der Waals surface area contributed by atoms with Crippen molar-refractivity contribution in [3.05, 3.63) is 58.6 Å². The number of nitrogens with one attached hydrogen (secondary N) is 1. The number of piperazine rings is 1. The van der Waals surface area contributed by atoms with Gasteiger partial charge in [-0.1, -0.05) is 12.1 Å². The molecule has 1 N–H and O–H groups in total. The van der Waals surface area contributed by atoms with E-state index < -0.39 is 0 Å². The lowest BCUT2D eigenvalue weighted by Crippen LogP contribution is -2.44. The molecule has 0 aliphatic carbocycles. The van der Waals surface area contributed by atoms with Crippen LogP contribution in [0.4, 0.5) is 0 Å². The molecule has 0 saturated carbocycles. The van der Waals surface area contributed by atoms with Crippen molar-refractivity contribution in [2.75, 3.05) is 32.4 Å². The number of ether oxygens (including phenoxy) is 1. The highest BCUT2D eigenvalue weighted by atomic mass is 32.2. The third-order valence-corrected chi connectivity index (χ3v) is 5.91. The highest BCUT2D eigenvalue weighted by molar-refractivity contribution is 7.98. The molecule has 0 amide bonds. The largest absolute Gasteiger partial charge is 0.489 e. The molecule has 0 bridgehead atoms. The molecule has 0 spiro atoms. The van der Waals surface area contributed by atoms with Crippen molar-refractivity contribution in [3.8, 4) is 11.4 Å². The van der Waals surface area contributed by atoms with Gasteiger partial charge in [-0.3, -0.25) is 14.3 Å². The van der Waals surface area contributed by atoms with Crippen molar-refractivity contribution >= 4 is 22.7 Å². The molecule has 3 aromatic rings. The fourth-order valence-electron chi connectivity index (χ4n) is 3.75. The van der Waals surface area contributed by atoms with E-state index in [0.717, 1.165) is 48.1 Å². The van der Waals surface area contributed by atoms with Crippen molar-refractivity contribution in [2.24, 2.45) is 0 Å². The lowest BCUT2D eigenvalue weighted by molar-refractivity contribution is 0.225. The molecule has 30 heavy (non-hydrogen) atoms. The van der Waals surface area contributed by atoms with Crippen molar-refractivity contribution in [1.82, 2.24) is 19.8 Å². The average Bonchev–Trinajstić information content (AvgIpc) is 2.75. The summed E-state index contributed by atoms with van der Waals surface area (Å²) in [5.41, 5.74) is 1.43. The van der Waals surface area contributed by atoms with Crippen LogP contribution in [0, 0.1) is 0 Å². The van der Waals surface area contributed by atoms with Crippen LogP contribution in [0.1, 0.15) is 19.7 Å². The maximum absolute atomic E-state index is 13.7. The molecule has 0 atom stereocenters. The number of fused-ring (bicyclic) bond motifs is 1. The van der Waals surface area contributed by atoms with Crippen LogP contribution in [0.15, 0.2) is 52.2 Å². The van der Waals surface area contributed by atoms with Gasteiger partial charge in [-0.25, -0.2) is 4.98 Å². The van der Waals surface area contributed by atoms with Crippen molar-refractivity contribution in [2.45, 2.75) is 31.4 Å². The molecule has 1 aromatic heterocycles. The Bertz CT molecular complexity index is 1090. The lowest BCUT2D eigenvalue weighted by Gasteiger charge is -2.28. The van der Waals surface area contributed by atoms with Gasteiger partial charge in [-0.15, -0.1) is 11.8 Å². The number of benzene rings is 2. The fraction of sp³-hybridized carbons (Fsp3) is 0.391. The molecule has 4 rings (SSSR count). The van der Waals surface area contributed by atoms with E-state index in [4.69, 9.17) is 9.72 Å². The lowest BCUT2D eigenvalue weighted by atomic mass is 10.2. The van der Waals surface area contributed by atoms with Crippen LogP contribution in [0.3, 0.4) is 0 Å². The molecular formula is C23H28N4O2S. The maximum atomic E-state index is 13.7. The predicted octanol–water partition coefficient (Wildman–Crippen LogP) is 3.30. The molecule has 2 heterocycles. The number of aromatic nitrogens is 2. The molecule has 1 aliphatic rings. The standard InChI is InChI=1S/C23H28N4O2S/c1-16(2)29-21-9-8-17(30-3)14-20(21)27-22(15-26-12-10-24-11-13-26)25-19-7-5-4-6-18(19)23(27)28/h4-9,14,16,24H,10-13,15H2,1-3H3. The van der Waals surface area contributed by atoms with Crippen LogP contribution < -0.4 is 15.6 Å². The zero-order chi connectivity index (χ0) is 21.1. The minimum atomic E-state index is -0.0578. The Morgan fingerprint density at radius 3 is 2.67 bits per heavy atom. The summed E-state index contributed by atoms with van der Waals surface area (Å²) in [6, 6.07) is 13.6. The summed E-state index contributed by atoms with van der Waals surface area (Å²) in [7, 11) is 0. The molecule has 1 saturated heterocycles. The van der Waals surface area contributed by atoms with Crippen molar-refractivity contribution < 1.29 is 4.74 Å². The van der Waals surface area contributed by atoms with Gasteiger partial charge in [-0.05, 0) is 50.4 Å². The first-order chi connectivity index (χ1) is 14.6. The number of rotatable bonds is 6.